The summed E-state index contributed by atoms with van der Waals surface area (Å²) >= 11 is 4.84. The zero-order chi connectivity index (χ0) is 16.3. The first-order chi connectivity index (χ1) is 9.60. The van der Waals surface area contributed by atoms with Crippen LogP contribution in [0.3, 0.4) is 0 Å². The van der Waals surface area contributed by atoms with Gasteiger partial charge in [0.2, 0.25) is 0 Å². The highest BCUT2D eigenvalue weighted by Crippen LogP contribution is 2.15. The maximum Gasteiger partial charge on any atom is 0.179 e. The van der Waals surface area contributed by atoms with Crippen LogP contribution in [0, 0.1) is 0 Å². The summed E-state index contributed by atoms with van der Waals surface area (Å²) in [6.45, 7) is 4.02. The Morgan fingerprint density at radius 1 is 1.33 bits per heavy atom. The molecule has 1 aromatic carbocycles. The van der Waals surface area contributed by atoms with Crippen LogP contribution in [0.25, 0.3) is 0 Å². The fourth-order valence-corrected chi connectivity index (χ4v) is 3.06. The summed E-state index contributed by atoms with van der Waals surface area (Å²) in [6, 6.07) is 6.25. The number of hydrogen-bond donors (Lipinski definition) is 2. The molecule has 1 aromatic rings. The van der Waals surface area contributed by atoms with E-state index in [2.05, 4.69) is 0 Å². The van der Waals surface area contributed by atoms with Crippen LogP contribution in [0.15, 0.2) is 29.2 Å². The number of thiocarbonyl (C=S) groups is 1. The number of aliphatic hydroxyl groups excluding tert-OH is 1. The van der Waals surface area contributed by atoms with Crippen LogP contribution in [0.1, 0.15) is 19.4 Å². The van der Waals surface area contributed by atoms with Crippen molar-refractivity contribution in [2.75, 3.05) is 26.0 Å². The van der Waals surface area contributed by atoms with Gasteiger partial charge in [-0.2, -0.15) is 0 Å². The molecule has 0 spiro atoms. The summed E-state index contributed by atoms with van der Waals surface area (Å²) in [4.78, 5) is 2.31. The molecule has 3 N–H and O–H groups in total. The molecule has 21 heavy (non-hydrogen) atoms. The van der Waals surface area contributed by atoms with E-state index in [1.807, 2.05) is 18.7 Å². The van der Waals surface area contributed by atoms with Gasteiger partial charge in [0.25, 0.3) is 0 Å². The third-order valence-electron chi connectivity index (χ3n) is 3.61. The molecule has 0 fully saturated rings. The molecule has 1 rings (SSSR count). The van der Waals surface area contributed by atoms with Crippen molar-refractivity contribution >= 4 is 27.0 Å². The van der Waals surface area contributed by atoms with E-state index in [0.29, 0.717) is 12.1 Å². The van der Waals surface area contributed by atoms with E-state index in [1.54, 1.807) is 19.2 Å². The topological polar surface area (TPSA) is 83.6 Å². The molecule has 0 aliphatic rings. The second-order valence-electron chi connectivity index (χ2n) is 5.60. The Kier molecular flexibility index (Phi) is 5.86. The fraction of sp³-hybridized carbons (Fsp3) is 0.500. The van der Waals surface area contributed by atoms with Crippen LogP contribution in [0.5, 0.6) is 0 Å². The van der Waals surface area contributed by atoms with Gasteiger partial charge in [-0.05, 0) is 33.0 Å². The van der Waals surface area contributed by atoms with Crippen LogP contribution in [-0.2, 0) is 9.84 Å². The summed E-state index contributed by atoms with van der Waals surface area (Å²) in [5, 5.41) is 9.28. The van der Waals surface area contributed by atoms with E-state index in [9.17, 15) is 13.5 Å². The third kappa shape index (κ3) is 4.74. The summed E-state index contributed by atoms with van der Waals surface area (Å²) in [6.07, 6.45) is 0. The molecule has 0 unspecified atom stereocenters. The van der Waals surface area contributed by atoms with Gasteiger partial charge >= 0.3 is 0 Å². The van der Waals surface area contributed by atoms with Crippen LogP contribution in [-0.4, -0.2) is 54.9 Å². The Bertz CT molecular complexity index is 595. The predicted molar refractivity (Wildman–Crippen MR) is 88.2 cm³/mol. The molecular formula is C14H22N2O3S2. The van der Waals surface area contributed by atoms with Gasteiger partial charge < -0.3 is 10.8 Å². The predicted octanol–water partition coefficient (Wildman–Crippen LogP) is 0.797. The Morgan fingerprint density at radius 3 is 2.29 bits per heavy atom. The maximum absolute atomic E-state index is 12.3. The van der Waals surface area contributed by atoms with Crippen molar-refractivity contribution in [3.05, 3.63) is 29.8 Å². The molecule has 0 amide bonds. The van der Waals surface area contributed by atoms with E-state index in [4.69, 9.17) is 18.0 Å². The van der Waals surface area contributed by atoms with E-state index < -0.39 is 15.4 Å². The lowest BCUT2D eigenvalue weighted by Gasteiger charge is -2.33. The molecule has 5 nitrogen and oxygen atoms in total. The zero-order valence-electron chi connectivity index (χ0n) is 12.5. The van der Waals surface area contributed by atoms with Gasteiger partial charge in [-0.15, -0.1) is 0 Å². The van der Waals surface area contributed by atoms with Crippen molar-refractivity contribution in [1.29, 1.82) is 0 Å². The van der Waals surface area contributed by atoms with Gasteiger partial charge in [0.15, 0.2) is 9.84 Å². The fourth-order valence-electron chi connectivity index (χ4n) is 1.62. The molecule has 0 atom stereocenters. The highest BCUT2D eigenvalue weighted by molar-refractivity contribution is 7.91. The van der Waals surface area contributed by atoms with E-state index in [0.717, 1.165) is 0 Å². The molecule has 0 saturated carbocycles. The first-order valence-corrected chi connectivity index (χ1v) is 8.61. The number of rotatable bonds is 7. The van der Waals surface area contributed by atoms with Gasteiger partial charge in [0.05, 0.1) is 17.3 Å². The largest absolute Gasteiger partial charge is 0.394 e. The van der Waals surface area contributed by atoms with Crippen molar-refractivity contribution < 1.29 is 13.5 Å². The van der Waals surface area contributed by atoms with Crippen LogP contribution < -0.4 is 5.73 Å². The average molecular weight is 330 g/mol. The summed E-state index contributed by atoms with van der Waals surface area (Å²) in [5.41, 5.74) is 5.67. The number of likely N-dealkylation sites (N-methyl/N-ethyl adjacent to an activating group) is 1. The standard InChI is InChI=1S/C14H22N2O3S2/c1-14(2,10-17)16(3)8-9-21(18,19)12-6-4-11(5-7-12)13(15)20/h4-7,17H,8-10H2,1-3H3,(H2,15,20). The number of sulfone groups is 1. The minimum absolute atomic E-state index is 0.0145. The molecule has 0 bridgehead atoms. The normalized spacial score (nSPS) is 12.6. The number of benzene rings is 1. The van der Waals surface area contributed by atoms with Gasteiger partial charge in [-0.3, -0.25) is 4.90 Å². The first kappa shape index (κ1) is 18.0. The van der Waals surface area contributed by atoms with E-state index in [-0.39, 0.29) is 22.2 Å². The third-order valence-corrected chi connectivity index (χ3v) is 5.56. The van der Waals surface area contributed by atoms with Crippen molar-refractivity contribution in [2.45, 2.75) is 24.3 Å². The van der Waals surface area contributed by atoms with Gasteiger partial charge in [0.1, 0.15) is 4.99 Å². The van der Waals surface area contributed by atoms with Gasteiger partial charge in [0, 0.05) is 17.6 Å². The van der Waals surface area contributed by atoms with Crippen LogP contribution in [0.4, 0.5) is 0 Å². The van der Waals surface area contributed by atoms with E-state index in [1.165, 1.54) is 12.1 Å². The van der Waals surface area contributed by atoms with Gasteiger partial charge in [-0.1, -0.05) is 24.4 Å². The van der Waals surface area contributed by atoms with Crippen molar-refractivity contribution in [1.82, 2.24) is 4.90 Å². The first-order valence-electron chi connectivity index (χ1n) is 6.55. The monoisotopic (exact) mass is 330 g/mol. The molecule has 7 heteroatoms. The van der Waals surface area contributed by atoms with Crippen molar-refractivity contribution in [3.63, 3.8) is 0 Å². The number of hydrogen-bond acceptors (Lipinski definition) is 5. The second kappa shape index (κ2) is 6.83. The molecule has 0 radical (unpaired) electrons. The molecule has 0 aromatic heterocycles. The lowest BCUT2D eigenvalue weighted by atomic mass is 10.1. The molecule has 0 saturated heterocycles. The van der Waals surface area contributed by atoms with E-state index >= 15 is 0 Å². The molecular weight excluding hydrogens is 308 g/mol. The van der Waals surface area contributed by atoms with Crippen molar-refractivity contribution in [2.24, 2.45) is 5.73 Å². The second-order valence-corrected chi connectivity index (χ2v) is 8.15. The average Bonchev–Trinajstić information content (AvgIpc) is 2.44. The zero-order valence-corrected chi connectivity index (χ0v) is 14.2. The highest BCUT2D eigenvalue weighted by Gasteiger charge is 2.24. The Morgan fingerprint density at radius 2 is 1.86 bits per heavy atom. The molecule has 0 aliphatic carbocycles. The lowest BCUT2D eigenvalue weighted by Crippen LogP contribution is -2.46. The van der Waals surface area contributed by atoms with Gasteiger partial charge in [-0.25, -0.2) is 8.42 Å². The lowest BCUT2D eigenvalue weighted by molar-refractivity contribution is 0.0841. The summed E-state index contributed by atoms with van der Waals surface area (Å²) in [7, 11) is -1.58. The minimum Gasteiger partial charge on any atom is -0.394 e. The van der Waals surface area contributed by atoms with Crippen LogP contribution in [0.2, 0.25) is 0 Å². The number of nitrogens with zero attached hydrogens (tertiary/aromatic N) is 1. The van der Waals surface area contributed by atoms with Crippen LogP contribution >= 0.6 is 12.2 Å². The summed E-state index contributed by atoms with van der Waals surface area (Å²) < 4.78 is 24.6. The highest BCUT2D eigenvalue weighted by atomic mass is 32.2. The SMILES string of the molecule is CN(CCS(=O)(=O)c1ccc(C(N)=S)cc1)C(C)(C)CO. The number of nitrogens with two attached hydrogens (primary N) is 1. The number of aliphatic hydroxyl groups is 1. The maximum atomic E-state index is 12.3. The quantitative estimate of drug-likeness (QED) is 0.720. The smallest absolute Gasteiger partial charge is 0.179 e. The Balaban J connectivity index is 2.80. The Labute approximate surface area is 131 Å². The Hall–Kier alpha value is -1.02. The summed E-state index contributed by atoms with van der Waals surface area (Å²) in [5.74, 6) is -0.0145. The minimum atomic E-state index is -3.37. The molecule has 0 aliphatic heterocycles. The molecule has 0 heterocycles. The molecule has 118 valence electrons. The van der Waals surface area contributed by atoms with Crippen molar-refractivity contribution in [3.8, 4) is 0 Å².